The number of aryl methyl sites for hydroxylation is 1. The number of esters is 1. The minimum absolute atomic E-state index is 0.191. The highest BCUT2D eigenvalue weighted by Gasteiger charge is 2.23. The van der Waals surface area contributed by atoms with Gasteiger partial charge < -0.3 is 4.74 Å². The lowest BCUT2D eigenvalue weighted by Gasteiger charge is -2.32. The van der Waals surface area contributed by atoms with Gasteiger partial charge in [0.1, 0.15) is 5.82 Å². The molecular formula is C17H21FN4O2. The number of rotatable bonds is 4. The molecule has 3 rings (SSSR count). The van der Waals surface area contributed by atoms with Crippen LogP contribution in [0.2, 0.25) is 0 Å². The van der Waals surface area contributed by atoms with E-state index in [1.807, 2.05) is 13.0 Å². The summed E-state index contributed by atoms with van der Waals surface area (Å²) in [6.45, 7) is 4.55. The molecule has 2 aromatic rings. The van der Waals surface area contributed by atoms with E-state index in [2.05, 4.69) is 19.9 Å². The van der Waals surface area contributed by atoms with Gasteiger partial charge in [-0.1, -0.05) is 11.3 Å². The molecule has 1 saturated heterocycles. The molecule has 0 amide bonds. The highest BCUT2D eigenvalue weighted by molar-refractivity contribution is 5.86. The summed E-state index contributed by atoms with van der Waals surface area (Å²) in [5.41, 5.74) is 2.37. The van der Waals surface area contributed by atoms with Gasteiger partial charge in [-0.15, -0.1) is 5.10 Å². The Balaban J connectivity index is 1.58. The average Bonchev–Trinajstić information content (AvgIpc) is 3.08. The summed E-state index contributed by atoms with van der Waals surface area (Å²) in [6, 6.07) is 5.15. The van der Waals surface area contributed by atoms with Crippen LogP contribution in [-0.2, 0) is 11.3 Å². The maximum absolute atomic E-state index is 13.4. The Hall–Kier alpha value is -2.28. The number of nitrogens with zero attached hydrogens (tertiary/aromatic N) is 4. The van der Waals surface area contributed by atoms with Crippen LogP contribution in [-0.4, -0.2) is 46.1 Å². The van der Waals surface area contributed by atoms with Crippen molar-refractivity contribution in [2.24, 2.45) is 0 Å². The molecule has 128 valence electrons. The van der Waals surface area contributed by atoms with Crippen molar-refractivity contribution in [3.05, 3.63) is 47.0 Å². The number of hydrogen-bond acceptors (Lipinski definition) is 5. The molecule has 1 aromatic heterocycles. The third-order valence-corrected chi connectivity index (χ3v) is 4.54. The number of carbonyl (C=O) groups is 1. The number of likely N-dealkylation sites (tertiary alicyclic amines) is 1. The van der Waals surface area contributed by atoms with Crippen molar-refractivity contribution in [3.63, 3.8) is 0 Å². The fourth-order valence-electron chi connectivity index (χ4n) is 3.05. The lowest BCUT2D eigenvalue weighted by molar-refractivity contribution is 0.0594. The van der Waals surface area contributed by atoms with Crippen LogP contribution in [0.25, 0.3) is 0 Å². The molecule has 24 heavy (non-hydrogen) atoms. The molecule has 0 spiro atoms. The summed E-state index contributed by atoms with van der Waals surface area (Å²) in [5, 5.41) is 7.89. The molecule has 1 aliphatic heterocycles. The van der Waals surface area contributed by atoms with Gasteiger partial charge in [-0.25, -0.2) is 13.9 Å². The Labute approximate surface area is 140 Å². The SMILES string of the molecule is COC(=O)c1cn(C2CCN(Cc3cc(F)ccc3C)CC2)nn1. The smallest absolute Gasteiger partial charge is 0.360 e. The van der Waals surface area contributed by atoms with Gasteiger partial charge in [0.05, 0.1) is 19.3 Å². The quantitative estimate of drug-likeness (QED) is 0.805. The molecule has 2 heterocycles. The monoisotopic (exact) mass is 332 g/mol. The minimum Gasteiger partial charge on any atom is -0.464 e. The van der Waals surface area contributed by atoms with Crippen LogP contribution in [0.5, 0.6) is 0 Å². The van der Waals surface area contributed by atoms with Gasteiger partial charge in [-0.3, -0.25) is 4.90 Å². The van der Waals surface area contributed by atoms with Crippen LogP contribution in [0.1, 0.15) is 40.5 Å². The molecular weight excluding hydrogens is 311 g/mol. The van der Waals surface area contributed by atoms with Crippen LogP contribution in [0.15, 0.2) is 24.4 Å². The average molecular weight is 332 g/mol. The number of methoxy groups -OCH3 is 1. The first-order valence-electron chi connectivity index (χ1n) is 8.04. The predicted molar refractivity (Wildman–Crippen MR) is 86.0 cm³/mol. The zero-order chi connectivity index (χ0) is 17.1. The summed E-state index contributed by atoms with van der Waals surface area (Å²) in [5.74, 6) is -0.663. The summed E-state index contributed by atoms with van der Waals surface area (Å²) < 4.78 is 19.8. The number of piperidine rings is 1. The van der Waals surface area contributed by atoms with Gasteiger partial charge in [0.15, 0.2) is 5.69 Å². The van der Waals surface area contributed by atoms with Gasteiger partial charge in [0, 0.05) is 19.6 Å². The fraction of sp³-hybridized carbons (Fsp3) is 0.471. The van der Waals surface area contributed by atoms with Crippen molar-refractivity contribution in [2.45, 2.75) is 32.4 Å². The van der Waals surface area contributed by atoms with Gasteiger partial charge >= 0.3 is 5.97 Å². The molecule has 1 fully saturated rings. The minimum atomic E-state index is -0.472. The Morgan fingerprint density at radius 3 is 2.83 bits per heavy atom. The van der Waals surface area contributed by atoms with E-state index in [4.69, 9.17) is 0 Å². The lowest BCUT2D eigenvalue weighted by Crippen LogP contribution is -2.34. The van der Waals surface area contributed by atoms with E-state index in [0.717, 1.165) is 43.6 Å². The molecule has 0 atom stereocenters. The van der Waals surface area contributed by atoms with Crippen molar-refractivity contribution >= 4 is 5.97 Å². The Bertz CT molecular complexity index is 723. The second kappa shape index (κ2) is 7.09. The largest absolute Gasteiger partial charge is 0.464 e. The van der Waals surface area contributed by atoms with Crippen molar-refractivity contribution in [3.8, 4) is 0 Å². The number of carbonyl (C=O) groups excluding carboxylic acids is 1. The summed E-state index contributed by atoms with van der Waals surface area (Å²) in [6.07, 6.45) is 3.47. The van der Waals surface area contributed by atoms with E-state index < -0.39 is 5.97 Å². The molecule has 0 radical (unpaired) electrons. The van der Waals surface area contributed by atoms with Gasteiger partial charge in [0.25, 0.3) is 0 Å². The third-order valence-electron chi connectivity index (χ3n) is 4.54. The summed E-state index contributed by atoms with van der Waals surface area (Å²) in [4.78, 5) is 13.8. The molecule has 0 N–H and O–H groups in total. The van der Waals surface area contributed by atoms with Crippen molar-refractivity contribution in [2.75, 3.05) is 20.2 Å². The number of benzene rings is 1. The highest BCUT2D eigenvalue weighted by Crippen LogP contribution is 2.24. The van der Waals surface area contributed by atoms with E-state index in [0.29, 0.717) is 0 Å². The van der Waals surface area contributed by atoms with E-state index in [9.17, 15) is 9.18 Å². The van der Waals surface area contributed by atoms with Crippen molar-refractivity contribution in [1.29, 1.82) is 0 Å². The molecule has 7 heteroatoms. The summed E-state index contributed by atoms with van der Waals surface area (Å²) >= 11 is 0. The molecule has 1 aliphatic rings. The van der Waals surface area contributed by atoms with Gasteiger partial charge in [0.2, 0.25) is 0 Å². The van der Waals surface area contributed by atoms with E-state index in [1.54, 1.807) is 16.9 Å². The number of halogens is 1. The van der Waals surface area contributed by atoms with Gasteiger partial charge in [-0.05, 0) is 43.0 Å². The lowest BCUT2D eigenvalue weighted by atomic mass is 10.0. The number of aromatic nitrogens is 3. The second-order valence-corrected chi connectivity index (χ2v) is 6.15. The Morgan fingerprint density at radius 2 is 2.12 bits per heavy atom. The van der Waals surface area contributed by atoms with Crippen LogP contribution in [0, 0.1) is 12.7 Å². The van der Waals surface area contributed by atoms with E-state index in [1.165, 1.54) is 13.2 Å². The maximum Gasteiger partial charge on any atom is 0.360 e. The van der Waals surface area contributed by atoms with Gasteiger partial charge in [-0.2, -0.15) is 0 Å². The predicted octanol–water partition coefficient (Wildman–Crippen LogP) is 2.35. The van der Waals surface area contributed by atoms with Crippen molar-refractivity contribution < 1.29 is 13.9 Å². The zero-order valence-electron chi connectivity index (χ0n) is 13.9. The van der Waals surface area contributed by atoms with Crippen LogP contribution >= 0.6 is 0 Å². The van der Waals surface area contributed by atoms with E-state index >= 15 is 0 Å². The third kappa shape index (κ3) is 3.62. The normalized spacial score (nSPS) is 16.3. The first-order valence-corrected chi connectivity index (χ1v) is 8.04. The van der Waals surface area contributed by atoms with E-state index in [-0.39, 0.29) is 17.6 Å². The van der Waals surface area contributed by atoms with Crippen LogP contribution in [0.4, 0.5) is 4.39 Å². The molecule has 0 saturated carbocycles. The fourth-order valence-corrected chi connectivity index (χ4v) is 3.05. The first kappa shape index (κ1) is 16.6. The standard InChI is InChI=1S/C17H21FN4O2/c1-12-3-4-14(18)9-13(12)10-21-7-5-15(6-8-21)22-11-16(19-20-22)17(23)24-2/h3-4,9,11,15H,5-8,10H2,1-2H3. The maximum atomic E-state index is 13.4. The molecule has 6 nitrogen and oxygen atoms in total. The Morgan fingerprint density at radius 1 is 1.38 bits per heavy atom. The zero-order valence-corrected chi connectivity index (χ0v) is 13.9. The van der Waals surface area contributed by atoms with Crippen LogP contribution in [0.3, 0.4) is 0 Å². The number of ether oxygens (including phenoxy) is 1. The summed E-state index contributed by atoms with van der Waals surface area (Å²) in [7, 11) is 1.33. The molecule has 0 aliphatic carbocycles. The molecule has 0 unspecified atom stereocenters. The topological polar surface area (TPSA) is 60.2 Å². The molecule has 0 bridgehead atoms. The molecule has 1 aromatic carbocycles. The Kier molecular flexibility index (Phi) is 4.89. The van der Waals surface area contributed by atoms with Crippen molar-refractivity contribution in [1.82, 2.24) is 19.9 Å². The van der Waals surface area contributed by atoms with Crippen LogP contribution < -0.4 is 0 Å². The number of hydrogen-bond donors (Lipinski definition) is 0. The first-order chi connectivity index (χ1) is 11.6. The second-order valence-electron chi connectivity index (χ2n) is 6.15. The highest BCUT2D eigenvalue weighted by atomic mass is 19.1.